The Balaban J connectivity index is 1.87. The molecule has 0 bridgehead atoms. The fraction of sp³-hybridized carbons (Fsp3) is 0.276. The molecule has 1 saturated carbocycles. The van der Waals surface area contributed by atoms with E-state index in [1.165, 1.54) is 12.1 Å². The number of rotatable bonds is 11. The van der Waals surface area contributed by atoms with E-state index in [1.807, 2.05) is 0 Å². The molecule has 1 aliphatic carbocycles. The van der Waals surface area contributed by atoms with Crippen LogP contribution in [0.1, 0.15) is 30.4 Å². The van der Waals surface area contributed by atoms with Crippen LogP contribution in [-0.2, 0) is 38.2 Å². The van der Waals surface area contributed by atoms with Crippen LogP contribution in [0, 0.1) is 0 Å². The van der Waals surface area contributed by atoms with Gasteiger partial charge in [-0.3, -0.25) is 4.79 Å². The van der Waals surface area contributed by atoms with Gasteiger partial charge in [0, 0.05) is 25.0 Å². The SMILES string of the molecule is O=C(C=Cc1ccc(O)c(O)c1)OC1CC(OC(=O)C=Cc2ccc(O)c(O)c2)(C(=O)O)CC(OC(=O)CC(O)C(=O)O)C1O. The van der Waals surface area contributed by atoms with Gasteiger partial charge in [0.25, 0.3) is 0 Å². The summed E-state index contributed by atoms with van der Waals surface area (Å²) in [6.45, 7) is 0. The van der Waals surface area contributed by atoms with Crippen molar-refractivity contribution in [2.45, 2.75) is 49.3 Å². The number of benzene rings is 2. The molecule has 0 radical (unpaired) electrons. The van der Waals surface area contributed by atoms with E-state index in [1.54, 1.807) is 0 Å². The first kappa shape index (κ1) is 33.9. The molecule has 2 aromatic carbocycles. The summed E-state index contributed by atoms with van der Waals surface area (Å²) in [5, 5.41) is 77.3. The number of phenols is 4. The average Bonchev–Trinajstić information content (AvgIpc) is 2.96. The fourth-order valence-corrected chi connectivity index (χ4v) is 4.23. The number of hydrogen-bond acceptors (Lipinski definition) is 14. The van der Waals surface area contributed by atoms with Gasteiger partial charge < -0.3 is 55.1 Å². The first-order valence-corrected chi connectivity index (χ1v) is 13.0. The number of aliphatic hydroxyl groups excluding tert-OH is 2. The number of aromatic hydroxyl groups is 4. The van der Waals surface area contributed by atoms with Gasteiger partial charge in [0.1, 0.15) is 18.3 Å². The zero-order valence-corrected chi connectivity index (χ0v) is 23.0. The smallest absolute Gasteiger partial charge is 0.348 e. The monoisotopic (exact) mass is 632 g/mol. The number of ether oxygens (including phenoxy) is 3. The quantitative estimate of drug-likeness (QED) is 0.0721. The third-order valence-corrected chi connectivity index (χ3v) is 6.53. The van der Waals surface area contributed by atoms with Gasteiger partial charge in [-0.05, 0) is 47.5 Å². The molecule has 5 atom stereocenters. The standard InChI is InChI=1S/C29H28O16/c30-16-5-1-14(9-18(16)32)3-7-23(35)43-21-12-29(28(41)42,13-22(26(21)38)44-25(37)11-20(34)27(39)40)45-24(36)8-4-15-2-6-17(31)19(33)10-15/h1-10,20-22,26,30-34,38H,11-13H2,(H,39,40)(H,41,42). The van der Waals surface area contributed by atoms with Crippen LogP contribution in [0.5, 0.6) is 23.0 Å². The van der Waals surface area contributed by atoms with Crippen LogP contribution >= 0.6 is 0 Å². The maximum atomic E-state index is 12.7. The zero-order chi connectivity index (χ0) is 33.5. The second kappa shape index (κ2) is 14.2. The highest BCUT2D eigenvalue weighted by molar-refractivity contribution is 5.91. The van der Waals surface area contributed by atoms with E-state index in [4.69, 9.17) is 19.3 Å². The predicted molar refractivity (Wildman–Crippen MR) is 147 cm³/mol. The summed E-state index contributed by atoms with van der Waals surface area (Å²) in [7, 11) is 0. The molecule has 0 aliphatic heterocycles. The predicted octanol–water partition coefficient (Wildman–Crippen LogP) is 0.416. The van der Waals surface area contributed by atoms with E-state index in [0.29, 0.717) is 0 Å². The minimum atomic E-state index is -2.58. The molecule has 2 aromatic rings. The molecule has 45 heavy (non-hydrogen) atoms. The lowest BCUT2D eigenvalue weighted by Gasteiger charge is -2.42. The van der Waals surface area contributed by atoms with Gasteiger partial charge >= 0.3 is 29.8 Å². The van der Waals surface area contributed by atoms with Crippen LogP contribution < -0.4 is 0 Å². The summed E-state index contributed by atoms with van der Waals surface area (Å²) >= 11 is 0. The Morgan fingerprint density at radius 1 is 0.778 bits per heavy atom. The Labute approximate surface area is 253 Å². The Hall–Kier alpha value is -5.61. The summed E-state index contributed by atoms with van der Waals surface area (Å²) in [6.07, 6.45) is -6.66. The van der Waals surface area contributed by atoms with Crippen LogP contribution in [-0.4, -0.2) is 101 Å². The molecule has 0 aromatic heterocycles. The maximum Gasteiger partial charge on any atom is 0.348 e. The number of carbonyl (C=O) groups is 5. The van der Waals surface area contributed by atoms with Crippen molar-refractivity contribution >= 4 is 42.0 Å². The van der Waals surface area contributed by atoms with Gasteiger partial charge in [-0.25, -0.2) is 19.2 Å². The Kier molecular flexibility index (Phi) is 10.7. The lowest BCUT2D eigenvalue weighted by Crippen LogP contribution is -2.59. The van der Waals surface area contributed by atoms with Crippen LogP contribution in [0.4, 0.5) is 0 Å². The molecule has 0 spiro atoms. The third-order valence-electron chi connectivity index (χ3n) is 6.53. The van der Waals surface area contributed by atoms with Crippen molar-refractivity contribution in [1.82, 2.24) is 0 Å². The fourth-order valence-electron chi connectivity index (χ4n) is 4.23. The number of aliphatic carboxylic acids is 2. The van der Waals surface area contributed by atoms with Crippen LogP contribution in [0.2, 0.25) is 0 Å². The summed E-state index contributed by atoms with van der Waals surface area (Å²) in [5.41, 5.74) is -2.14. The maximum absolute atomic E-state index is 12.7. The molecular weight excluding hydrogens is 604 g/mol. The first-order valence-electron chi connectivity index (χ1n) is 13.0. The summed E-state index contributed by atoms with van der Waals surface area (Å²) in [6, 6.07) is 7.10. The van der Waals surface area contributed by atoms with Crippen molar-refractivity contribution in [3.8, 4) is 23.0 Å². The zero-order valence-electron chi connectivity index (χ0n) is 23.0. The molecule has 8 N–H and O–H groups in total. The molecule has 16 heteroatoms. The molecule has 0 saturated heterocycles. The van der Waals surface area contributed by atoms with E-state index in [-0.39, 0.29) is 11.1 Å². The summed E-state index contributed by atoms with van der Waals surface area (Å²) in [4.78, 5) is 61.0. The number of carboxylic acids is 2. The van der Waals surface area contributed by atoms with Gasteiger partial charge in [-0.15, -0.1) is 0 Å². The van der Waals surface area contributed by atoms with E-state index in [9.17, 15) is 59.7 Å². The van der Waals surface area contributed by atoms with E-state index >= 15 is 0 Å². The van der Waals surface area contributed by atoms with Gasteiger partial charge in [-0.1, -0.05) is 12.1 Å². The van der Waals surface area contributed by atoms with Crippen molar-refractivity contribution in [2.24, 2.45) is 0 Å². The molecule has 1 fully saturated rings. The number of carboxylic acid groups (broad SMARTS) is 2. The van der Waals surface area contributed by atoms with Crippen LogP contribution in [0.3, 0.4) is 0 Å². The van der Waals surface area contributed by atoms with Crippen molar-refractivity contribution in [1.29, 1.82) is 0 Å². The second-order valence-corrected chi connectivity index (χ2v) is 9.84. The Bertz CT molecular complexity index is 1530. The number of aliphatic hydroxyl groups is 2. The average molecular weight is 633 g/mol. The van der Waals surface area contributed by atoms with E-state index < -0.39 is 102 Å². The van der Waals surface area contributed by atoms with Crippen molar-refractivity contribution < 1.29 is 79.0 Å². The molecule has 16 nitrogen and oxygen atoms in total. The molecule has 5 unspecified atom stereocenters. The van der Waals surface area contributed by atoms with Crippen molar-refractivity contribution in [3.05, 3.63) is 59.7 Å². The van der Waals surface area contributed by atoms with Crippen LogP contribution in [0.25, 0.3) is 12.2 Å². The highest BCUT2D eigenvalue weighted by atomic mass is 16.6. The Morgan fingerprint density at radius 2 is 1.27 bits per heavy atom. The topological polar surface area (TPSA) is 275 Å². The Morgan fingerprint density at radius 3 is 1.73 bits per heavy atom. The number of hydrogen-bond donors (Lipinski definition) is 8. The lowest BCUT2D eigenvalue weighted by atomic mass is 9.79. The largest absolute Gasteiger partial charge is 0.504 e. The normalized spacial score (nSPS) is 22.0. The van der Waals surface area contributed by atoms with E-state index in [0.717, 1.165) is 48.6 Å². The van der Waals surface area contributed by atoms with Crippen molar-refractivity contribution in [2.75, 3.05) is 0 Å². The molecule has 1 aliphatic rings. The molecular formula is C29H28O16. The summed E-state index contributed by atoms with van der Waals surface area (Å²) in [5.74, 6) is -9.20. The lowest BCUT2D eigenvalue weighted by molar-refractivity contribution is -0.213. The summed E-state index contributed by atoms with van der Waals surface area (Å²) < 4.78 is 15.5. The van der Waals surface area contributed by atoms with Gasteiger partial charge in [0.15, 0.2) is 29.1 Å². The third kappa shape index (κ3) is 8.94. The van der Waals surface area contributed by atoms with Gasteiger partial charge in [0.2, 0.25) is 5.60 Å². The van der Waals surface area contributed by atoms with Gasteiger partial charge in [0.05, 0.1) is 6.42 Å². The number of esters is 3. The second-order valence-electron chi connectivity index (χ2n) is 9.84. The molecule has 0 amide bonds. The highest BCUT2D eigenvalue weighted by Gasteiger charge is 2.56. The number of carbonyl (C=O) groups excluding carboxylic acids is 3. The minimum absolute atomic E-state index is 0.204. The van der Waals surface area contributed by atoms with Crippen molar-refractivity contribution in [3.63, 3.8) is 0 Å². The molecule has 3 rings (SSSR count). The van der Waals surface area contributed by atoms with Gasteiger partial charge in [-0.2, -0.15) is 0 Å². The molecule has 0 heterocycles. The number of phenolic OH excluding ortho intramolecular Hbond substituents is 4. The van der Waals surface area contributed by atoms with Crippen LogP contribution in [0.15, 0.2) is 48.6 Å². The highest BCUT2D eigenvalue weighted by Crippen LogP contribution is 2.37. The minimum Gasteiger partial charge on any atom is -0.504 e. The molecule has 240 valence electrons. The van der Waals surface area contributed by atoms with E-state index in [2.05, 4.69) is 0 Å². The first-order chi connectivity index (χ1) is 21.1.